The molecule has 94 valence electrons. The largest absolute Gasteiger partial charge is 0.317 e. The molecule has 2 nitrogen and oxygen atoms in total. The molecule has 3 heteroatoms. The molecular weight excluding hydrogens is 228 g/mol. The lowest BCUT2D eigenvalue weighted by Gasteiger charge is -2.40. The van der Waals surface area contributed by atoms with Gasteiger partial charge in [0.25, 0.3) is 0 Å². The Morgan fingerprint density at radius 2 is 2.24 bits per heavy atom. The fourth-order valence-corrected chi connectivity index (χ4v) is 4.06. The maximum absolute atomic E-state index is 3.47. The van der Waals surface area contributed by atoms with E-state index in [1.807, 2.05) is 11.3 Å². The molecule has 17 heavy (non-hydrogen) atoms. The highest BCUT2D eigenvalue weighted by Gasteiger charge is 2.30. The molecule has 0 atom stereocenters. The molecule has 0 bridgehead atoms. The van der Waals surface area contributed by atoms with Gasteiger partial charge in [-0.2, -0.15) is 0 Å². The molecule has 0 amide bonds. The molecule has 0 spiro atoms. The van der Waals surface area contributed by atoms with Gasteiger partial charge in [0.05, 0.1) is 0 Å². The van der Waals surface area contributed by atoms with Crippen molar-refractivity contribution in [3.05, 3.63) is 21.9 Å². The Morgan fingerprint density at radius 1 is 1.41 bits per heavy atom. The minimum Gasteiger partial charge on any atom is -0.317 e. The molecule has 1 N–H and O–H groups in total. The van der Waals surface area contributed by atoms with Gasteiger partial charge in [0, 0.05) is 24.5 Å². The average molecular weight is 250 g/mol. The molecule has 1 aromatic rings. The summed E-state index contributed by atoms with van der Waals surface area (Å²) in [6.45, 7) is 8.60. The quantitative estimate of drug-likeness (QED) is 0.867. The van der Waals surface area contributed by atoms with E-state index in [2.05, 4.69) is 28.6 Å². The van der Waals surface area contributed by atoms with Crippen molar-refractivity contribution in [1.29, 1.82) is 0 Å². The summed E-state index contributed by atoms with van der Waals surface area (Å²) in [4.78, 5) is 4.29. The Labute approximate surface area is 108 Å². The molecule has 0 saturated carbocycles. The van der Waals surface area contributed by atoms with Crippen LogP contribution in [0.2, 0.25) is 0 Å². The Balaban J connectivity index is 1.63. The van der Waals surface area contributed by atoms with Gasteiger partial charge in [-0.15, -0.1) is 11.3 Å². The Morgan fingerprint density at radius 3 is 3.06 bits per heavy atom. The topological polar surface area (TPSA) is 15.3 Å². The van der Waals surface area contributed by atoms with E-state index < -0.39 is 0 Å². The Hall–Kier alpha value is -0.380. The number of piperidine rings is 1. The van der Waals surface area contributed by atoms with Crippen LogP contribution in [0.3, 0.4) is 0 Å². The number of hydrogen-bond acceptors (Lipinski definition) is 3. The zero-order valence-corrected chi connectivity index (χ0v) is 11.5. The number of hydrogen-bond donors (Lipinski definition) is 1. The third-order valence-corrected chi connectivity index (χ3v) is 5.33. The van der Waals surface area contributed by atoms with E-state index in [0.29, 0.717) is 5.41 Å². The minimum atomic E-state index is 0.540. The van der Waals surface area contributed by atoms with Crippen LogP contribution in [-0.2, 0) is 13.0 Å². The summed E-state index contributed by atoms with van der Waals surface area (Å²) in [5.41, 5.74) is 2.12. The zero-order chi connectivity index (χ0) is 11.7. The molecule has 0 aromatic carbocycles. The number of nitrogens with zero attached hydrogens (tertiary/aromatic N) is 1. The van der Waals surface area contributed by atoms with Crippen LogP contribution in [0.4, 0.5) is 0 Å². The first-order valence-corrected chi connectivity index (χ1v) is 7.62. The van der Waals surface area contributed by atoms with Crippen molar-refractivity contribution in [3.63, 3.8) is 0 Å². The molecule has 1 fully saturated rings. The molecule has 0 radical (unpaired) electrons. The van der Waals surface area contributed by atoms with Gasteiger partial charge >= 0.3 is 0 Å². The first-order valence-electron chi connectivity index (χ1n) is 6.74. The van der Waals surface area contributed by atoms with Crippen molar-refractivity contribution in [3.8, 4) is 0 Å². The minimum absolute atomic E-state index is 0.540. The number of nitrogens with one attached hydrogen (secondary N) is 1. The molecule has 0 aliphatic carbocycles. The van der Waals surface area contributed by atoms with Gasteiger partial charge in [-0.3, -0.25) is 4.90 Å². The summed E-state index contributed by atoms with van der Waals surface area (Å²) < 4.78 is 0. The predicted octanol–water partition coefficient (Wildman–Crippen LogP) is 2.50. The first-order chi connectivity index (χ1) is 8.25. The van der Waals surface area contributed by atoms with Crippen LogP contribution >= 0.6 is 11.3 Å². The lowest BCUT2D eigenvalue weighted by atomic mass is 9.80. The molecule has 0 unspecified atom stereocenters. The smallest absolute Gasteiger partial charge is 0.0245 e. The summed E-state index contributed by atoms with van der Waals surface area (Å²) in [6.07, 6.45) is 3.93. The van der Waals surface area contributed by atoms with E-state index in [-0.39, 0.29) is 0 Å². The SMILES string of the molecule is CC1(CN2CCc3sccc3C2)CCNCC1. The van der Waals surface area contributed by atoms with Crippen molar-refractivity contribution in [2.75, 3.05) is 26.2 Å². The summed E-state index contributed by atoms with van der Waals surface area (Å²) in [6, 6.07) is 2.32. The van der Waals surface area contributed by atoms with Crippen molar-refractivity contribution in [2.45, 2.75) is 32.7 Å². The normalized spacial score (nSPS) is 24.5. The van der Waals surface area contributed by atoms with Crippen LogP contribution < -0.4 is 5.32 Å². The van der Waals surface area contributed by atoms with Gasteiger partial charge in [-0.25, -0.2) is 0 Å². The van der Waals surface area contributed by atoms with Gasteiger partial charge < -0.3 is 5.32 Å². The first kappa shape index (κ1) is 11.7. The summed E-state index contributed by atoms with van der Waals surface area (Å²) in [5, 5.41) is 5.72. The van der Waals surface area contributed by atoms with Crippen molar-refractivity contribution in [2.24, 2.45) is 5.41 Å². The Bertz CT molecular complexity index is 379. The van der Waals surface area contributed by atoms with Gasteiger partial charge in [0.1, 0.15) is 0 Å². The molecule has 3 heterocycles. The maximum atomic E-state index is 3.47. The van der Waals surface area contributed by atoms with E-state index in [4.69, 9.17) is 0 Å². The second-order valence-electron chi connectivity index (χ2n) is 5.89. The summed E-state index contributed by atoms with van der Waals surface area (Å²) >= 11 is 1.94. The van der Waals surface area contributed by atoms with Gasteiger partial charge in [0.2, 0.25) is 0 Å². The van der Waals surface area contributed by atoms with Crippen molar-refractivity contribution >= 4 is 11.3 Å². The third kappa shape index (κ3) is 2.56. The number of fused-ring (bicyclic) bond motifs is 1. The van der Waals surface area contributed by atoms with E-state index in [1.165, 1.54) is 52.0 Å². The zero-order valence-electron chi connectivity index (χ0n) is 10.7. The summed E-state index contributed by atoms with van der Waals surface area (Å²) in [5.74, 6) is 0. The van der Waals surface area contributed by atoms with E-state index >= 15 is 0 Å². The highest BCUT2D eigenvalue weighted by atomic mass is 32.1. The van der Waals surface area contributed by atoms with Crippen molar-refractivity contribution < 1.29 is 0 Å². The Kier molecular flexibility index (Phi) is 3.24. The van der Waals surface area contributed by atoms with Crippen molar-refractivity contribution in [1.82, 2.24) is 10.2 Å². The highest BCUT2D eigenvalue weighted by Crippen LogP contribution is 2.32. The molecule has 1 aromatic heterocycles. The molecule has 2 aliphatic heterocycles. The van der Waals surface area contributed by atoms with Gasteiger partial charge in [-0.05, 0) is 54.8 Å². The van der Waals surface area contributed by atoms with Crippen LogP contribution in [0.15, 0.2) is 11.4 Å². The van der Waals surface area contributed by atoms with Gasteiger partial charge in [-0.1, -0.05) is 6.92 Å². The van der Waals surface area contributed by atoms with E-state index in [1.54, 1.807) is 10.4 Å². The van der Waals surface area contributed by atoms with Crippen LogP contribution in [0, 0.1) is 5.41 Å². The third-order valence-electron chi connectivity index (χ3n) is 4.30. The standard InChI is InChI=1S/C14H22N2S/c1-14(4-6-15-7-5-14)11-16-8-2-13-12(10-16)3-9-17-13/h3,9,15H,2,4-8,10-11H2,1H3. The predicted molar refractivity (Wildman–Crippen MR) is 73.5 cm³/mol. The van der Waals surface area contributed by atoms with Crippen LogP contribution in [0.25, 0.3) is 0 Å². The fourth-order valence-electron chi connectivity index (χ4n) is 3.17. The summed E-state index contributed by atoms with van der Waals surface area (Å²) in [7, 11) is 0. The van der Waals surface area contributed by atoms with Gasteiger partial charge in [0.15, 0.2) is 0 Å². The van der Waals surface area contributed by atoms with Crippen LogP contribution in [0.5, 0.6) is 0 Å². The molecular formula is C14H22N2S. The maximum Gasteiger partial charge on any atom is 0.0245 e. The van der Waals surface area contributed by atoms with Crippen LogP contribution in [-0.4, -0.2) is 31.1 Å². The number of thiophene rings is 1. The molecule has 1 saturated heterocycles. The molecule has 3 rings (SSSR count). The fraction of sp³-hybridized carbons (Fsp3) is 0.714. The lowest BCUT2D eigenvalue weighted by Crippen LogP contribution is -2.44. The monoisotopic (exact) mass is 250 g/mol. The van der Waals surface area contributed by atoms with E-state index in [0.717, 1.165) is 0 Å². The van der Waals surface area contributed by atoms with E-state index in [9.17, 15) is 0 Å². The second kappa shape index (κ2) is 4.71. The van der Waals surface area contributed by atoms with Crippen LogP contribution in [0.1, 0.15) is 30.2 Å². The highest BCUT2D eigenvalue weighted by molar-refractivity contribution is 7.10. The average Bonchev–Trinajstić information content (AvgIpc) is 2.76. The number of rotatable bonds is 2. The molecule has 2 aliphatic rings. The second-order valence-corrected chi connectivity index (χ2v) is 6.89. The lowest BCUT2D eigenvalue weighted by molar-refractivity contribution is 0.119.